The lowest BCUT2D eigenvalue weighted by Gasteiger charge is -2.12. The van der Waals surface area contributed by atoms with Crippen LogP contribution in [0.5, 0.6) is 0 Å². The summed E-state index contributed by atoms with van der Waals surface area (Å²) in [6, 6.07) is 4.15. The molecule has 1 aromatic carbocycles. The molecule has 0 radical (unpaired) electrons. The van der Waals surface area contributed by atoms with Crippen LogP contribution in [0.15, 0.2) is 18.3 Å². The highest BCUT2D eigenvalue weighted by atomic mass is 16.4. The van der Waals surface area contributed by atoms with Crippen LogP contribution in [0.4, 0.5) is 0 Å². The van der Waals surface area contributed by atoms with Crippen molar-refractivity contribution in [3.63, 3.8) is 0 Å². The number of aromatic carboxylic acids is 1. The Labute approximate surface area is 119 Å². The molecule has 0 aliphatic rings. The molecular formula is C16H22N2O2. The Morgan fingerprint density at radius 1 is 1.40 bits per heavy atom. The Morgan fingerprint density at radius 3 is 2.65 bits per heavy atom. The standard InChI is InChI=1S/C16H22N2O2/c1-10(2)18-9-12(5-4-8-17)13-7-6-11(3)14(15(13)18)16(19)20/h6-7,9-10H,4-5,8,17H2,1-3H3,(H,19,20). The summed E-state index contributed by atoms with van der Waals surface area (Å²) in [6.07, 6.45) is 3.87. The summed E-state index contributed by atoms with van der Waals surface area (Å²) in [6.45, 7) is 6.63. The predicted octanol–water partition coefficient (Wildman–Crippen LogP) is 3.12. The monoisotopic (exact) mass is 274 g/mol. The molecule has 0 bridgehead atoms. The molecule has 20 heavy (non-hydrogen) atoms. The lowest BCUT2D eigenvalue weighted by molar-refractivity contribution is 0.0698. The SMILES string of the molecule is Cc1ccc2c(CCCN)cn(C(C)C)c2c1C(=O)O. The fraction of sp³-hybridized carbons (Fsp3) is 0.438. The molecule has 0 spiro atoms. The van der Waals surface area contributed by atoms with Crippen molar-refractivity contribution in [2.24, 2.45) is 5.73 Å². The number of hydrogen-bond acceptors (Lipinski definition) is 2. The number of nitrogens with two attached hydrogens (primary N) is 1. The summed E-state index contributed by atoms with van der Waals surface area (Å²) in [5.41, 5.74) is 8.82. The zero-order valence-corrected chi connectivity index (χ0v) is 12.3. The summed E-state index contributed by atoms with van der Waals surface area (Å²) in [5, 5.41) is 10.6. The van der Waals surface area contributed by atoms with Gasteiger partial charge in [-0.05, 0) is 51.3 Å². The van der Waals surface area contributed by atoms with E-state index in [-0.39, 0.29) is 6.04 Å². The Hall–Kier alpha value is -1.81. The minimum Gasteiger partial charge on any atom is -0.478 e. The molecule has 0 atom stereocenters. The lowest BCUT2D eigenvalue weighted by atomic mass is 10.0. The highest BCUT2D eigenvalue weighted by Crippen LogP contribution is 2.30. The molecule has 0 saturated carbocycles. The molecule has 0 amide bonds. The van der Waals surface area contributed by atoms with Crippen LogP contribution in [0.2, 0.25) is 0 Å². The minimum atomic E-state index is -0.863. The Bertz CT molecular complexity index is 641. The average Bonchev–Trinajstić information content (AvgIpc) is 2.74. The van der Waals surface area contributed by atoms with E-state index in [4.69, 9.17) is 5.73 Å². The normalized spacial score (nSPS) is 11.4. The fourth-order valence-corrected chi connectivity index (χ4v) is 2.69. The molecule has 0 unspecified atom stereocenters. The summed E-state index contributed by atoms with van der Waals surface area (Å²) >= 11 is 0. The number of hydrogen-bond donors (Lipinski definition) is 2. The molecule has 0 aliphatic heterocycles. The predicted molar refractivity (Wildman–Crippen MR) is 81.4 cm³/mol. The highest BCUT2D eigenvalue weighted by molar-refractivity contribution is 6.04. The van der Waals surface area contributed by atoms with Gasteiger partial charge in [-0.1, -0.05) is 12.1 Å². The quantitative estimate of drug-likeness (QED) is 0.880. The largest absolute Gasteiger partial charge is 0.478 e. The van der Waals surface area contributed by atoms with Gasteiger partial charge in [-0.3, -0.25) is 0 Å². The fourth-order valence-electron chi connectivity index (χ4n) is 2.69. The van der Waals surface area contributed by atoms with Crippen LogP contribution in [0, 0.1) is 6.92 Å². The number of benzene rings is 1. The number of aromatic nitrogens is 1. The summed E-state index contributed by atoms with van der Waals surface area (Å²) in [4.78, 5) is 11.6. The molecule has 2 aromatic rings. The molecule has 4 nitrogen and oxygen atoms in total. The van der Waals surface area contributed by atoms with Gasteiger partial charge in [-0.2, -0.15) is 0 Å². The third-order valence-corrected chi connectivity index (χ3v) is 3.71. The topological polar surface area (TPSA) is 68.2 Å². The van der Waals surface area contributed by atoms with Crippen molar-refractivity contribution in [3.8, 4) is 0 Å². The molecule has 1 heterocycles. The first-order valence-corrected chi connectivity index (χ1v) is 7.03. The number of fused-ring (bicyclic) bond motifs is 1. The lowest BCUT2D eigenvalue weighted by Crippen LogP contribution is -2.06. The van der Waals surface area contributed by atoms with Crippen LogP contribution in [0.3, 0.4) is 0 Å². The highest BCUT2D eigenvalue weighted by Gasteiger charge is 2.19. The second-order valence-corrected chi connectivity index (χ2v) is 5.51. The summed E-state index contributed by atoms with van der Waals surface area (Å²) in [7, 11) is 0. The van der Waals surface area contributed by atoms with Crippen LogP contribution in [-0.4, -0.2) is 22.2 Å². The van der Waals surface area contributed by atoms with Crippen molar-refractivity contribution in [2.45, 2.75) is 39.7 Å². The van der Waals surface area contributed by atoms with Crippen LogP contribution >= 0.6 is 0 Å². The molecular weight excluding hydrogens is 252 g/mol. The molecule has 0 fully saturated rings. The Kier molecular flexibility index (Phi) is 4.14. The van der Waals surface area contributed by atoms with Crippen molar-refractivity contribution in [1.82, 2.24) is 4.57 Å². The van der Waals surface area contributed by atoms with Crippen LogP contribution in [0.1, 0.15) is 47.8 Å². The van der Waals surface area contributed by atoms with Crippen molar-refractivity contribution in [1.29, 1.82) is 0 Å². The van der Waals surface area contributed by atoms with Crippen LogP contribution in [-0.2, 0) is 6.42 Å². The van der Waals surface area contributed by atoms with Gasteiger partial charge in [0.25, 0.3) is 0 Å². The van der Waals surface area contributed by atoms with E-state index in [1.54, 1.807) is 0 Å². The summed E-state index contributed by atoms with van der Waals surface area (Å²) in [5.74, 6) is -0.863. The van der Waals surface area contributed by atoms with E-state index >= 15 is 0 Å². The molecule has 0 aliphatic carbocycles. The molecule has 4 heteroatoms. The van der Waals surface area contributed by atoms with E-state index < -0.39 is 5.97 Å². The maximum Gasteiger partial charge on any atom is 0.338 e. The molecule has 2 rings (SSSR count). The smallest absolute Gasteiger partial charge is 0.338 e. The zero-order valence-electron chi connectivity index (χ0n) is 12.3. The van der Waals surface area contributed by atoms with Gasteiger partial charge in [-0.25, -0.2) is 4.79 Å². The number of aryl methyl sites for hydroxylation is 2. The first kappa shape index (κ1) is 14.6. The van der Waals surface area contributed by atoms with Crippen molar-refractivity contribution >= 4 is 16.9 Å². The number of carbonyl (C=O) groups is 1. The number of nitrogens with zero attached hydrogens (tertiary/aromatic N) is 1. The van der Waals surface area contributed by atoms with Crippen molar-refractivity contribution in [2.75, 3.05) is 6.54 Å². The van der Waals surface area contributed by atoms with E-state index in [9.17, 15) is 9.90 Å². The van der Waals surface area contributed by atoms with Crippen molar-refractivity contribution in [3.05, 3.63) is 35.0 Å². The Balaban J connectivity index is 2.75. The average molecular weight is 274 g/mol. The third-order valence-electron chi connectivity index (χ3n) is 3.71. The Morgan fingerprint density at radius 2 is 2.10 bits per heavy atom. The van der Waals surface area contributed by atoms with E-state index in [0.717, 1.165) is 29.3 Å². The van der Waals surface area contributed by atoms with Gasteiger partial charge in [-0.15, -0.1) is 0 Å². The first-order chi connectivity index (χ1) is 9.47. The van der Waals surface area contributed by atoms with Crippen LogP contribution in [0.25, 0.3) is 10.9 Å². The maximum absolute atomic E-state index is 11.6. The minimum absolute atomic E-state index is 0.226. The maximum atomic E-state index is 11.6. The van der Waals surface area contributed by atoms with Gasteiger partial charge in [0.1, 0.15) is 0 Å². The van der Waals surface area contributed by atoms with Gasteiger partial charge >= 0.3 is 5.97 Å². The zero-order chi connectivity index (χ0) is 14.9. The van der Waals surface area contributed by atoms with E-state index in [1.165, 1.54) is 5.56 Å². The van der Waals surface area contributed by atoms with Crippen LogP contribution < -0.4 is 5.73 Å². The first-order valence-electron chi connectivity index (χ1n) is 7.03. The van der Waals surface area contributed by atoms with Gasteiger partial charge in [0.05, 0.1) is 11.1 Å². The van der Waals surface area contributed by atoms with Gasteiger partial charge in [0.15, 0.2) is 0 Å². The number of carboxylic acids is 1. The van der Waals surface area contributed by atoms with Gasteiger partial charge in [0.2, 0.25) is 0 Å². The van der Waals surface area contributed by atoms with E-state index in [0.29, 0.717) is 12.1 Å². The summed E-state index contributed by atoms with van der Waals surface area (Å²) < 4.78 is 2.07. The number of carboxylic acid groups (broad SMARTS) is 1. The second kappa shape index (κ2) is 5.67. The molecule has 3 N–H and O–H groups in total. The third kappa shape index (κ3) is 2.43. The molecule has 0 saturated heterocycles. The van der Waals surface area contributed by atoms with Gasteiger partial charge in [0, 0.05) is 17.6 Å². The number of rotatable bonds is 5. The second-order valence-electron chi connectivity index (χ2n) is 5.51. The van der Waals surface area contributed by atoms with E-state index in [1.807, 2.05) is 19.1 Å². The van der Waals surface area contributed by atoms with Crippen molar-refractivity contribution < 1.29 is 9.90 Å². The molecule has 1 aromatic heterocycles. The molecule has 108 valence electrons. The van der Waals surface area contributed by atoms with E-state index in [2.05, 4.69) is 24.6 Å². The van der Waals surface area contributed by atoms with Gasteiger partial charge < -0.3 is 15.4 Å².